The molecule has 0 aliphatic heterocycles. The molecule has 4 bridgehead atoms. The first-order valence-corrected chi connectivity index (χ1v) is 5.78. The van der Waals surface area contributed by atoms with E-state index in [4.69, 9.17) is 0 Å². The summed E-state index contributed by atoms with van der Waals surface area (Å²) in [6.45, 7) is 2.58. The molecule has 12 heavy (non-hydrogen) atoms. The van der Waals surface area contributed by atoms with Crippen LogP contribution in [0.25, 0.3) is 0 Å². The minimum atomic E-state index is 0.796. The van der Waals surface area contributed by atoms with Gasteiger partial charge in [0, 0.05) is 0 Å². The zero-order valence-electron chi connectivity index (χ0n) is 8.18. The summed E-state index contributed by atoms with van der Waals surface area (Å²) in [6, 6.07) is 0. The number of hydrogen-bond donors (Lipinski definition) is 0. The van der Waals surface area contributed by atoms with E-state index in [2.05, 4.69) is 6.92 Å². The predicted octanol–water partition coefficient (Wildman–Crippen LogP) is 3.61. The summed E-state index contributed by atoms with van der Waals surface area (Å²) in [5, 5.41) is 0. The van der Waals surface area contributed by atoms with E-state index in [1.165, 1.54) is 6.42 Å². The first-order chi connectivity index (χ1) is 5.78. The summed E-state index contributed by atoms with van der Waals surface area (Å²) in [4.78, 5) is 0. The fourth-order valence-electron chi connectivity index (χ4n) is 4.65. The molecule has 4 unspecified atom stereocenters. The van der Waals surface area contributed by atoms with E-state index >= 15 is 0 Å². The maximum absolute atomic E-state index is 2.58. The summed E-state index contributed by atoms with van der Waals surface area (Å²) in [7, 11) is 0. The molecule has 0 spiro atoms. The van der Waals surface area contributed by atoms with Crippen molar-refractivity contribution in [3.05, 3.63) is 0 Å². The van der Waals surface area contributed by atoms with Crippen molar-refractivity contribution in [2.75, 3.05) is 0 Å². The molecule has 0 N–H and O–H groups in total. The van der Waals surface area contributed by atoms with Crippen molar-refractivity contribution in [1.29, 1.82) is 0 Å². The molecule has 0 radical (unpaired) electrons. The van der Waals surface area contributed by atoms with Gasteiger partial charge < -0.3 is 0 Å². The number of fused-ring (bicyclic) bond motifs is 1. The van der Waals surface area contributed by atoms with Gasteiger partial charge in [-0.1, -0.05) is 26.2 Å². The summed E-state index contributed by atoms with van der Waals surface area (Å²) in [5.41, 5.74) is 0.796. The summed E-state index contributed by atoms with van der Waals surface area (Å²) in [5.74, 6) is 3.41. The molecule has 0 heteroatoms. The molecule has 0 nitrogen and oxygen atoms in total. The van der Waals surface area contributed by atoms with Gasteiger partial charge in [-0.15, -0.1) is 0 Å². The Morgan fingerprint density at radius 2 is 2.08 bits per heavy atom. The molecular formula is C12H20. The first-order valence-electron chi connectivity index (χ1n) is 5.78. The van der Waals surface area contributed by atoms with Gasteiger partial charge in [0.1, 0.15) is 0 Å². The fraction of sp³-hybridized carbons (Fsp3) is 1.00. The Kier molecular flexibility index (Phi) is 1.40. The van der Waals surface area contributed by atoms with E-state index < -0.39 is 0 Å². The summed E-state index contributed by atoms with van der Waals surface area (Å²) < 4.78 is 0. The molecule has 4 atom stereocenters. The van der Waals surface area contributed by atoms with Crippen LogP contribution in [0.4, 0.5) is 0 Å². The number of rotatable bonds is 0. The third kappa shape index (κ3) is 0.843. The normalized spacial score (nSPS) is 57.2. The Bertz CT molecular complexity index is 196. The van der Waals surface area contributed by atoms with Crippen LogP contribution in [0, 0.1) is 23.2 Å². The van der Waals surface area contributed by atoms with Crippen LogP contribution in [0.5, 0.6) is 0 Å². The lowest BCUT2D eigenvalue weighted by Gasteiger charge is -2.57. The third-order valence-electron chi connectivity index (χ3n) is 5.06. The van der Waals surface area contributed by atoms with Crippen LogP contribution in [0.2, 0.25) is 0 Å². The van der Waals surface area contributed by atoms with Crippen molar-refractivity contribution >= 4 is 0 Å². The minimum absolute atomic E-state index is 0.796. The summed E-state index contributed by atoms with van der Waals surface area (Å²) in [6.07, 6.45) is 11.0. The van der Waals surface area contributed by atoms with Crippen LogP contribution >= 0.6 is 0 Å². The predicted molar refractivity (Wildman–Crippen MR) is 50.9 cm³/mol. The Hall–Kier alpha value is 0. The van der Waals surface area contributed by atoms with Gasteiger partial charge in [-0.25, -0.2) is 0 Å². The van der Waals surface area contributed by atoms with E-state index in [-0.39, 0.29) is 0 Å². The monoisotopic (exact) mass is 164 g/mol. The van der Waals surface area contributed by atoms with E-state index in [1.807, 2.05) is 0 Å². The maximum atomic E-state index is 2.58. The Balaban J connectivity index is 1.94. The lowest BCUT2D eigenvalue weighted by Crippen LogP contribution is -2.47. The Morgan fingerprint density at radius 1 is 1.17 bits per heavy atom. The van der Waals surface area contributed by atoms with Crippen molar-refractivity contribution in [1.82, 2.24) is 0 Å². The lowest BCUT2D eigenvalue weighted by atomic mass is 9.48. The average Bonchev–Trinajstić information content (AvgIpc) is 2.03. The van der Waals surface area contributed by atoms with E-state index in [1.54, 1.807) is 38.5 Å². The second-order valence-electron chi connectivity index (χ2n) is 5.80. The zero-order valence-corrected chi connectivity index (χ0v) is 8.18. The molecule has 0 aromatic heterocycles. The van der Waals surface area contributed by atoms with Crippen molar-refractivity contribution in [2.24, 2.45) is 23.2 Å². The molecule has 0 saturated heterocycles. The van der Waals surface area contributed by atoms with Gasteiger partial charge >= 0.3 is 0 Å². The van der Waals surface area contributed by atoms with E-state index in [0.29, 0.717) is 0 Å². The number of hydrogen-bond acceptors (Lipinski definition) is 0. The smallest absolute Gasteiger partial charge is 0.0292 e. The molecule has 0 heterocycles. The molecule has 68 valence electrons. The van der Waals surface area contributed by atoms with Gasteiger partial charge in [-0.2, -0.15) is 0 Å². The van der Waals surface area contributed by atoms with Gasteiger partial charge in [-0.3, -0.25) is 0 Å². The van der Waals surface area contributed by atoms with E-state index in [9.17, 15) is 0 Å². The average molecular weight is 164 g/mol. The zero-order chi connectivity index (χ0) is 8.18. The Morgan fingerprint density at radius 3 is 2.75 bits per heavy atom. The molecule has 4 aliphatic rings. The first kappa shape index (κ1) is 7.41. The second kappa shape index (κ2) is 2.27. The SMILES string of the molecule is CC12CCCC3CC(CCC31)C2. The van der Waals surface area contributed by atoms with Crippen LogP contribution in [0.15, 0.2) is 0 Å². The summed E-state index contributed by atoms with van der Waals surface area (Å²) >= 11 is 0. The van der Waals surface area contributed by atoms with Crippen molar-refractivity contribution in [3.63, 3.8) is 0 Å². The molecular weight excluding hydrogens is 144 g/mol. The highest BCUT2D eigenvalue weighted by Gasteiger charge is 2.50. The largest absolute Gasteiger partial charge is 0.0594 e. The van der Waals surface area contributed by atoms with Crippen LogP contribution in [-0.2, 0) is 0 Å². The molecule has 4 fully saturated rings. The molecule has 4 aliphatic carbocycles. The topological polar surface area (TPSA) is 0 Å². The molecule has 0 aromatic carbocycles. The van der Waals surface area contributed by atoms with Crippen LogP contribution in [0.1, 0.15) is 51.9 Å². The maximum Gasteiger partial charge on any atom is -0.0292 e. The highest BCUT2D eigenvalue weighted by Crippen LogP contribution is 2.60. The quantitative estimate of drug-likeness (QED) is 0.513. The van der Waals surface area contributed by atoms with Gasteiger partial charge in [0.2, 0.25) is 0 Å². The minimum Gasteiger partial charge on any atom is -0.0594 e. The lowest BCUT2D eigenvalue weighted by molar-refractivity contribution is -0.0686. The van der Waals surface area contributed by atoms with Crippen molar-refractivity contribution in [2.45, 2.75) is 51.9 Å². The Labute approximate surface area is 75.7 Å². The van der Waals surface area contributed by atoms with Gasteiger partial charge in [0.05, 0.1) is 0 Å². The molecule has 0 amide bonds. The molecule has 4 rings (SSSR count). The van der Waals surface area contributed by atoms with Gasteiger partial charge in [0.25, 0.3) is 0 Å². The van der Waals surface area contributed by atoms with Crippen molar-refractivity contribution < 1.29 is 0 Å². The van der Waals surface area contributed by atoms with Gasteiger partial charge in [-0.05, 0) is 48.9 Å². The standard InChI is InChI=1S/C12H20/c1-12-6-2-3-10-7-9(8-12)4-5-11(10)12/h9-11H,2-8H2,1H3. The fourth-order valence-corrected chi connectivity index (χ4v) is 4.65. The molecule has 4 saturated carbocycles. The van der Waals surface area contributed by atoms with E-state index in [0.717, 1.165) is 23.2 Å². The molecule has 0 aromatic rings. The van der Waals surface area contributed by atoms with Gasteiger partial charge in [0.15, 0.2) is 0 Å². The second-order valence-corrected chi connectivity index (χ2v) is 5.80. The third-order valence-corrected chi connectivity index (χ3v) is 5.06. The van der Waals surface area contributed by atoms with Crippen LogP contribution < -0.4 is 0 Å². The van der Waals surface area contributed by atoms with Crippen LogP contribution in [0.3, 0.4) is 0 Å². The highest BCUT2D eigenvalue weighted by atomic mass is 14.6. The van der Waals surface area contributed by atoms with Crippen LogP contribution in [-0.4, -0.2) is 0 Å². The van der Waals surface area contributed by atoms with Crippen molar-refractivity contribution in [3.8, 4) is 0 Å². The highest BCUT2D eigenvalue weighted by molar-refractivity contribution is 5.00.